The summed E-state index contributed by atoms with van der Waals surface area (Å²) in [5.74, 6) is 0.482. The van der Waals surface area contributed by atoms with Crippen molar-refractivity contribution in [3.63, 3.8) is 0 Å². The maximum Gasteiger partial charge on any atom is 0.245 e. The lowest BCUT2D eigenvalue weighted by Crippen LogP contribution is -2.48. The van der Waals surface area contributed by atoms with Crippen LogP contribution in [0, 0.1) is 6.92 Å². The molecule has 1 rings (SSSR count). The van der Waals surface area contributed by atoms with E-state index in [9.17, 15) is 4.79 Å². The molecule has 2 N–H and O–H groups in total. The monoisotopic (exact) mass is 207 g/mol. The number of nitrogens with zero attached hydrogens (tertiary/aromatic N) is 1. The normalized spacial score (nSPS) is 11.2. The van der Waals surface area contributed by atoms with Crippen LogP contribution in [0.1, 0.15) is 19.4 Å². The summed E-state index contributed by atoms with van der Waals surface area (Å²) in [7, 11) is 1.75. The van der Waals surface area contributed by atoms with Crippen molar-refractivity contribution >= 4 is 11.7 Å². The average molecular weight is 207 g/mol. The number of nitrogens with one attached hydrogen (secondary N) is 2. The van der Waals surface area contributed by atoms with Crippen molar-refractivity contribution in [1.29, 1.82) is 0 Å². The lowest BCUT2D eigenvalue weighted by atomic mass is 10.1. The van der Waals surface area contributed by atoms with Gasteiger partial charge in [-0.25, -0.2) is 4.98 Å². The van der Waals surface area contributed by atoms with Crippen molar-refractivity contribution in [1.82, 2.24) is 10.3 Å². The zero-order valence-electron chi connectivity index (χ0n) is 9.59. The molecule has 4 heteroatoms. The molecule has 4 nitrogen and oxygen atoms in total. The van der Waals surface area contributed by atoms with Crippen LogP contribution in [0.3, 0.4) is 0 Å². The predicted molar refractivity (Wildman–Crippen MR) is 60.7 cm³/mol. The second kappa shape index (κ2) is 4.40. The highest BCUT2D eigenvalue weighted by atomic mass is 16.2. The SMILES string of the molecule is CNC(C)(C)C(=O)Nc1ccc(C)cn1. The Balaban J connectivity index is 2.71. The van der Waals surface area contributed by atoms with Gasteiger partial charge in [-0.2, -0.15) is 0 Å². The number of carbonyl (C=O) groups excluding carboxylic acids is 1. The van der Waals surface area contributed by atoms with Crippen molar-refractivity contribution in [3.05, 3.63) is 23.9 Å². The largest absolute Gasteiger partial charge is 0.309 e. The molecule has 0 unspecified atom stereocenters. The third-order valence-corrected chi connectivity index (χ3v) is 2.35. The summed E-state index contributed by atoms with van der Waals surface area (Å²) in [5.41, 5.74) is 0.480. The van der Waals surface area contributed by atoms with Crippen molar-refractivity contribution in [2.75, 3.05) is 12.4 Å². The van der Waals surface area contributed by atoms with Crippen LogP contribution in [0.4, 0.5) is 5.82 Å². The van der Waals surface area contributed by atoms with Crippen LogP contribution >= 0.6 is 0 Å². The summed E-state index contributed by atoms with van der Waals surface area (Å²) in [5, 5.41) is 5.68. The Hall–Kier alpha value is -1.42. The molecule has 1 aromatic rings. The maximum absolute atomic E-state index is 11.7. The first-order chi connectivity index (χ1) is 6.95. The fraction of sp³-hybridized carbons (Fsp3) is 0.455. The van der Waals surface area contributed by atoms with E-state index in [1.165, 1.54) is 0 Å². The zero-order valence-corrected chi connectivity index (χ0v) is 9.59. The molecule has 0 bridgehead atoms. The number of anilines is 1. The highest BCUT2D eigenvalue weighted by molar-refractivity contribution is 5.96. The molecule has 0 aliphatic heterocycles. The number of rotatable bonds is 3. The molecule has 0 aromatic carbocycles. The molecule has 0 saturated heterocycles. The van der Waals surface area contributed by atoms with E-state index in [-0.39, 0.29) is 5.91 Å². The molecule has 0 saturated carbocycles. The molecule has 0 fully saturated rings. The molecule has 1 aromatic heterocycles. The van der Waals surface area contributed by atoms with Gasteiger partial charge in [0, 0.05) is 6.20 Å². The van der Waals surface area contributed by atoms with Crippen LogP contribution in [0.5, 0.6) is 0 Å². The first kappa shape index (κ1) is 11.7. The smallest absolute Gasteiger partial charge is 0.245 e. The molecule has 0 aliphatic rings. The van der Waals surface area contributed by atoms with Gasteiger partial charge in [0.2, 0.25) is 5.91 Å². The minimum absolute atomic E-state index is 0.0960. The fourth-order valence-corrected chi connectivity index (χ4v) is 0.928. The van der Waals surface area contributed by atoms with Gasteiger partial charge in [-0.15, -0.1) is 0 Å². The molecule has 0 atom stereocenters. The summed E-state index contributed by atoms with van der Waals surface area (Å²) < 4.78 is 0. The molecular weight excluding hydrogens is 190 g/mol. The summed E-state index contributed by atoms with van der Waals surface area (Å²) >= 11 is 0. The van der Waals surface area contributed by atoms with Crippen LogP contribution in [0.2, 0.25) is 0 Å². The molecule has 0 aliphatic carbocycles. The second-order valence-corrected chi connectivity index (χ2v) is 4.05. The average Bonchev–Trinajstić information content (AvgIpc) is 2.21. The van der Waals surface area contributed by atoms with Crippen molar-refractivity contribution in [3.8, 4) is 0 Å². The Morgan fingerprint density at radius 1 is 1.40 bits per heavy atom. The number of likely N-dealkylation sites (N-methyl/N-ethyl adjacent to an activating group) is 1. The predicted octanol–water partition coefficient (Wildman–Crippen LogP) is 1.33. The van der Waals surface area contributed by atoms with Crippen LogP contribution < -0.4 is 10.6 Å². The van der Waals surface area contributed by atoms with Gasteiger partial charge in [0.25, 0.3) is 0 Å². The Kier molecular flexibility index (Phi) is 3.42. The number of aryl methyl sites for hydroxylation is 1. The molecular formula is C11H17N3O. The topological polar surface area (TPSA) is 54.0 Å². The van der Waals surface area contributed by atoms with Gasteiger partial charge >= 0.3 is 0 Å². The number of pyridine rings is 1. The molecule has 0 spiro atoms. The van der Waals surface area contributed by atoms with Crippen LogP contribution in [-0.4, -0.2) is 23.5 Å². The number of carbonyl (C=O) groups is 1. The summed E-state index contributed by atoms with van der Waals surface area (Å²) in [6.45, 7) is 5.59. The minimum atomic E-state index is -0.591. The molecule has 15 heavy (non-hydrogen) atoms. The van der Waals surface area contributed by atoms with E-state index in [1.807, 2.05) is 26.8 Å². The fourth-order valence-electron chi connectivity index (χ4n) is 0.928. The Morgan fingerprint density at radius 3 is 2.53 bits per heavy atom. The van der Waals surface area contributed by atoms with E-state index in [2.05, 4.69) is 15.6 Å². The van der Waals surface area contributed by atoms with Gasteiger partial charge in [0.05, 0.1) is 5.54 Å². The van der Waals surface area contributed by atoms with Crippen molar-refractivity contribution < 1.29 is 4.79 Å². The molecule has 82 valence electrons. The molecule has 1 heterocycles. The first-order valence-corrected chi connectivity index (χ1v) is 4.89. The van der Waals surface area contributed by atoms with E-state index in [4.69, 9.17) is 0 Å². The van der Waals surface area contributed by atoms with E-state index < -0.39 is 5.54 Å². The summed E-state index contributed by atoms with van der Waals surface area (Å²) in [4.78, 5) is 15.8. The minimum Gasteiger partial charge on any atom is -0.309 e. The number of hydrogen-bond donors (Lipinski definition) is 2. The Bertz CT molecular complexity index is 343. The summed E-state index contributed by atoms with van der Waals surface area (Å²) in [6.07, 6.45) is 1.72. The first-order valence-electron chi connectivity index (χ1n) is 4.89. The number of aromatic nitrogens is 1. The van der Waals surface area contributed by atoms with Gasteiger partial charge in [-0.1, -0.05) is 6.07 Å². The number of amides is 1. The highest BCUT2D eigenvalue weighted by Crippen LogP contribution is 2.08. The van der Waals surface area contributed by atoms with Crippen LogP contribution in [0.25, 0.3) is 0 Å². The van der Waals surface area contributed by atoms with E-state index in [0.717, 1.165) is 5.56 Å². The third kappa shape index (κ3) is 3.02. The van der Waals surface area contributed by atoms with Gasteiger partial charge in [-0.05, 0) is 39.4 Å². The van der Waals surface area contributed by atoms with Gasteiger partial charge in [0.15, 0.2) is 0 Å². The van der Waals surface area contributed by atoms with Crippen molar-refractivity contribution in [2.45, 2.75) is 26.3 Å². The Labute approximate surface area is 90.1 Å². The standard InChI is InChI=1S/C11H17N3O/c1-8-5-6-9(13-7-8)14-10(15)11(2,3)12-4/h5-7,12H,1-4H3,(H,13,14,15). The molecule has 0 radical (unpaired) electrons. The van der Waals surface area contributed by atoms with Gasteiger partial charge < -0.3 is 10.6 Å². The maximum atomic E-state index is 11.7. The lowest BCUT2D eigenvalue weighted by molar-refractivity contribution is -0.121. The zero-order chi connectivity index (χ0) is 11.5. The van der Waals surface area contributed by atoms with Gasteiger partial charge in [-0.3, -0.25) is 4.79 Å². The van der Waals surface area contributed by atoms with Crippen molar-refractivity contribution in [2.24, 2.45) is 0 Å². The number of hydrogen-bond acceptors (Lipinski definition) is 3. The Morgan fingerprint density at radius 2 is 2.07 bits per heavy atom. The van der Waals surface area contributed by atoms with Crippen LogP contribution in [-0.2, 0) is 4.79 Å². The molecule has 1 amide bonds. The van der Waals surface area contributed by atoms with Gasteiger partial charge in [0.1, 0.15) is 5.82 Å². The van der Waals surface area contributed by atoms with Crippen LogP contribution in [0.15, 0.2) is 18.3 Å². The third-order valence-electron chi connectivity index (χ3n) is 2.35. The van der Waals surface area contributed by atoms with E-state index >= 15 is 0 Å². The van der Waals surface area contributed by atoms with E-state index in [0.29, 0.717) is 5.82 Å². The second-order valence-electron chi connectivity index (χ2n) is 4.05. The highest BCUT2D eigenvalue weighted by Gasteiger charge is 2.25. The summed E-state index contributed by atoms with van der Waals surface area (Å²) in [6, 6.07) is 3.70. The quantitative estimate of drug-likeness (QED) is 0.786. The lowest BCUT2D eigenvalue weighted by Gasteiger charge is -2.22. The van der Waals surface area contributed by atoms with E-state index in [1.54, 1.807) is 19.3 Å².